The monoisotopic (exact) mass is 261 g/mol. The van der Waals surface area contributed by atoms with Gasteiger partial charge in [-0.15, -0.1) is 0 Å². The number of halogens is 1. The standard InChI is InChI=1S/C17H24FN/c1-11-8-12(2)10-13(9-11)19-17-7-6-14-15(17)4-3-5-16(14)18/h3-5,11-13,17,19H,6-10H2,1-2H3. The van der Waals surface area contributed by atoms with Gasteiger partial charge in [-0.2, -0.15) is 0 Å². The molecule has 0 bridgehead atoms. The molecule has 0 saturated heterocycles. The quantitative estimate of drug-likeness (QED) is 0.840. The first kappa shape index (κ1) is 13.1. The fourth-order valence-electron chi connectivity index (χ4n) is 4.15. The topological polar surface area (TPSA) is 12.0 Å². The Morgan fingerprint density at radius 2 is 1.84 bits per heavy atom. The van der Waals surface area contributed by atoms with Crippen LogP contribution in [0.4, 0.5) is 4.39 Å². The first-order chi connectivity index (χ1) is 9.13. The molecule has 104 valence electrons. The van der Waals surface area contributed by atoms with E-state index in [1.807, 2.05) is 6.07 Å². The van der Waals surface area contributed by atoms with Gasteiger partial charge in [-0.3, -0.25) is 0 Å². The van der Waals surface area contributed by atoms with Gasteiger partial charge in [0.05, 0.1) is 0 Å². The Morgan fingerprint density at radius 1 is 1.11 bits per heavy atom. The Labute approximate surface area is 115 Å². The van der Waals surface area contributed by atoms with Crippen LogP contribution in [0.2, 0.25) is 0 Å². The Balaban J connectivity index is 1.71. The first-order valence-corrected chi connectivity index (χ1v) is 7.67. The average molecular weight is 261 g/mol. The van der Waals surface area contributed by atoms with E-state index >= 15 is 0 Å². The minimum Gasteiger partial charge on any atom is -0.307 e. The summed E-state index contributed by atoms with van der Waals surface area (Å²) in [6.07, 6.45) is 5.83. The maximum absolute atomic E-state index is 13.7. The van der Waals surface area contributed by atoms with Gasteiger partial charge in [-0.05, 0) is 61.1 Å². The SMILES string of the molecule is CC1CC(C)CC(NC2CCc3c(F)cccc32)C1. The zero-order valence-corrected chi connectivity index (χ0v) is 12.0. The first-order valence-electron chi connectivity index (χ1n) is 7.67. The molecular formula is C17H24FN. The van der Waals surface area contributed by atoms with Crippen LogP contribution in [0, 0.1) is 17.7 Å². The maximum atomic E-state index is 13.7. The second-order valence-corrected chi connectivity index (χ2v) is 6.68. The molecule has 0 amide bonds. The van der Waals surface area contributed by atoms with Crippen LogP contribution in [0.3, 0.4) is 0 Å². The van der Waals surface area contributed by atoms with E-state index in [0.717, 1.165) is 30.2 Å². The lowest BCUT2D eigenvalue weighted by Gasteiger charge is -2.34. The van der Waals surface area contributed by atoms with Crippen LogP contribution in [-0.4, -0.2) is 6.04 Å². The molecule has 2 heteroatoms. The van der Waals surface area contributed by atoms with Crippen LogP contribution in [0.5, 0.6) is 0 Å². The Bertz CT molecular complexity index is 447. The van der Waals surface area contributed by atoms with Gasteiger partial charge in [0.25, 0.3) is 0 Å². The smallest absolute Gasteiger partial charge is 0.126 e. The molecule has 0 aromatic heterocycles. The zero-order valence-electron chi connectivity index (χ0n) is 12.0. The summed E-state index contributed by atoms with van der Waals surface area (Å²) in [5, 5.41) is 3.80. The molecule has 3 rings (SSSR count). The summed E-state index contributed by atoms with van der Waals surface area (Å²) in [6.45, 7) is 4.71. The predicted molar refractivity (Wildman–Crippen MR) is 76.6 cm³/mol. The van der Waals surface area contributed by atoms with E-state index in [2.05, 4.69) is 25.2 Å². The van der Waals surface area contributed by atoms with Gasteiger partial charge >= 0.3 is 0 Å². The van der Waals surface area contributed by atoms with Crippen LogP contribution in [0.15, 0.2) is 18.2 Å². The second-order valence-electron chi connectivity index (χ2n) is 6.68. The molecule has 0 aliphatic heterocycles. The highest BCUT2D eigenvalue weighted by Crippen LogP contribution is 2.35. The Hall–Kier alpha value is -0.890. The lowest BCUT2D eigenvalue weighted by Crippen LogP contribution is -2.38. The van der Waals surface area contributed by atoms with E-state index in [1.165, 1.54) is 24.8 Å². The minimum atomic E-state index is -0.0211. The molecule has 1 fully saturated rings. The van der Waals surface area contributed by atoms with Crippen molar-refractivity contribution in [2.45, 2.75) is 58.0 Å². The van der Waals surface area contributed by atoms with E-state index < -0.39 is 0 Å². The molecule has 19 heavy (non-hydrogen) atoms. The minimum absolute atomic E-state index is 0.0211. The molecule has 3 unspecified atom stereocenters. The van der Waals surface area contributed by atoms with Gasteiger partial charge in [-0.1, -0.05) is 26.0 Å². The number of hydrogen-bond donors (Lipinski definition) is 1. The van der Waals surface area contributed by atoms with Crippen LogP contribution < -0.4 is 5.32 Å². The Kier molecular flexibility index (Phi) is 3.62. The number of rotatable bonds is 2. The van der Waals surface area contributed by atoms with Gasteiger partial charge in [0, 0.05) is 12.1 Å². The summed E-state index contributed by atoms with van der Waals surface area (Å²) in [5.74, 6) is 1.61. The summed E-state index contributed by atoms with van der Waals surface area (Å²) in [6, 6.07) is 6.51. The van der Waals surface area contributed by atoms with Crippen molar-refractivity contribution in [1.29, 1.82) is 0 Å². The van der Waals surface area contributed by atoms with E-state index in [4.69, 9.17) is 0 Å². The molecule has 2 aliphatic rings. The van der Waals surface area contributed by atoms with Crippen LogP contribution in [0.1, 0.15) is 56.7 Å². The van der Waals surface area contributed by atoms with Gasteiger partial charge < -0.3 is 5.32 Å². The summed E-state index contributed by atoms with van der Waals surface area (Å²) in [4.78, 5) is 0. The van der Waals surface area contributed by atoms with Crippen molar-refractivity contribution in [2.24, 2.45) is 11.8 Å². The van der Waals surface area contributed by atoms with Crippen molar-refractivity contribution < 1.29 is 4.39 Å². The van der Waals surface area contributed by atoms with E-state index in [0.29, 0.717) is 12.1 Å². The number of nitrogens with one attached hydrogen (secondary N) is 1. The number of benzene rings is 1. The summed E-state index contributed by atoms with van der Waals surface area (Å²) >= 11 is 0. The van der Waals surface area contributed by atoms with Crippen molar-refractivity contribution >= 4 is 0 Å². The molecule has 0 heterocycles. The van der Waals surface area contributed by atoms with Crippen LogP contribution in [0.25, 0.3) is 0 Å². The lowest BCUT2D eigenvalue weighted by molar-refractivity contribution is 0.225. The fourth-order valence-corrected chi connectivity index (χ4v) is 4.15. The fraction of sp³-hybridized carbons (Fsp3) is 0.647. The molecule has 1 aromatic rings. The molecule has 1 saturated carbocycles. The molecule has 0 spiro atoms. The molecular weight excluding hydrogens is 237 g/mol. The van der Waals surface area contributed by atoms with Gasteiger partial charge in [0.2, 0.25) is 0 Å². The van der Waals surface area contributed by atoms with Gasteiger partial charge in [0.15, 0.2) is 0 Å². The summed E-state index contributed by atoms with van der Waals surface area (Å²) in [5.41, 5.74) is 2.14. The Morgan fingerprint density at radius 3 is 2.58 bits per heavy atom. The largest absolute Gasteiger partial charge is 0.307 e. The zero-order chi connectivity index (χ0) is 13.4. The summed E-state index contributed by atoms with van der Waals surface area (Å²) < 4.78 is 13.7. The number of fused-ring (bicyclic) bond motifs is 1. The normalized spacial score (nSPS) is 34.3. The maximum Gasteiger partial charge on any atom is 0.126 e. The second kappa shape index (κ2) is 5.24. The third kappa shape index (κ3) is 2.69. The number of hydrogen-bond acceptors (Lipinski definition) is 1. The van der Waals surface area contributed by atoms with Gasteiger partial charge in [-0.25, -0.2) is 4.39 Å². The lowest BCUT2D eigenvalue weighted by atomic mass is 9.80. The van der Waals surface area contributed by atoms with Crippen molar-refractivity contribution in [3.8, 4) is 0 Å². The molecule has 0 radical (unpaired) electrons. The molecule has 1 nitrogen and oxygen atoms in total. The van der Waals surface area contributed by atoms with Crippen molar-refractivity contribution in [3.05, 3.63) is 35.1 Å². The van der Waals surface area contributed by atoms with Crippen molar-refractivity contribution in [3.63, 3.8) is 0 Å². The highest BCUT2D eigenvalue weighted by molar-refractivity contribution is 5.35. The van der Waals surface area contributed by atoms with Crippen LogP contribution in [-0.2, 0) is 6.42 Å². The van der Waals surface area contributed by atoms with Crippen molar-refractivity contribution in [1.82, 2.24) is 5.32 Å². The summed E-state index contributed by atoms with van der Waals surface area (Å²) in [7, 11) is 0. The average Bonchev–Trinajstić information content (AvgIpc) is 2.73. The van der Waals surface area contributed by atoms with Crippen LogP contribution >= 0.6 is 0 Å². The molecule has 2 aliphatic carbocycles. The van der Waals surface area contributed by atoms with E-state index in [-0.39, 0.29) is 5.82 Å². The van der Waals surface area contributed by atoms with Crippen molar-refractivity contribution in [2.75, 3.05) is 0 Å². The third-order valence-corrected chi connectivity index (χ3v) is 4.83. The highest BCUT2D eigenvalue weighted by Gasteiger charge is 2.30. The molecule has 1 N–H and O–H groups in total. The highest BCUT2D eigenvalue weighted by atomic mass is 19.1. The van der Waals surface area contributed by atoms with Gasteiger partial charge in [0.1, 0.15) is 5.82 Å². The van der Waals surface area contributed by atoms with E-state index in [1.54, 1.807) is 6.07 Å². The van der Waals surface area contributed by atoms with E-state index in [9.17, 15) is 4.39 Å². The molecule has 1 aromatic carbocycles. The predicted octanol–water partition coefficient (Wildman–Crippen LogP) is 4.23. The third-order valence-electron chi connectivity index (χ3n) is 4.83. The molecule has 3 atom stereocenters.